The van der Waals surface area contributed by atoms with Crippen molar-refractivity contribution in [3.63, 3.8) is 0 Å². The van der Waals surface area contributed by atoms with Gasteiger partial charge in [0.15, 0.2) is 0 Å². The van der Waals surface area contributed by atoms with Crippen LogP contribution in [0.2, 0.25) is 0 Å². The zero-order chi connectivity index (χ0) is 12.8. The Labute approximate surface area is 108 Å². The summed E-state index contributed by atoms with van der Waals surface area (Å²) in [6.07, 6.45) is 0. The Kier molecular flexibility index (Phi) is 2.78. The van der Waals surface area contributed by atoms with Crippen molar-refractivity contribution in [2.24, 2.45) is 0 Å². The number of carboxylic acid groups (broad SMARTS) is 1. The normalized spacial score (nSPS) is 12.0. The lowest BCUT2D eigenvalue weighted by molar-refractivity contribution is 0.0661. The number of benzene rings is 1. The molecule has 1 N–H and O–H groups in total. The van der Waals surface area contributed by atoms with Crippen LogP contribution >= 0.6 is 15.9 Å². The van der Waals surface area contributed by atoms with E-state index in [1.807, 2.05) is 39.0 Å². The molecular formula is C13H13BrO3. The number of carbonyl (C=O) groups is 1. The number of carboxylic acids is 1. The Hall–Kier alpha value is -1.29. The largest absolute Gasteiger partial charge is 0.475 e. The van der Waals surface area contributed by atoms with Crippen LogP contribution in [-0.2, 0) is 5.41 Å². The third kappa shape index (κ3) is 1.97. The van der Waals surface area contributed by atoms with E-state index in [4.69, 9.17) is 4.42 Å². The summed E-state index contributed by atoms with van der Waals surface area (Å²) in [7, 11) is 0. The van der Waals surface area contributed by atoms with Crippen LogP contribution in [0.4, 0.5) is 0 Å². The maximum atomic E-state index is 11.2. The second kappa shape index (κ2) is 3.88. The van der Waals surface area contributed by atoms with Gasteiger partial charge < -0.3 is 9.52 Å². The molecule has 2 rings (SSSR count). The molecule has 0 saturated heterocycles. The molecule has 1 heterocycles. The maximum Gasteiger partial charge on any atom is 0.372 e. The van der Waals surface area contributed by atoms with Crippen LogP contribution < -0.4 is 0 Å². The van der Waals surface area contributed by atoms with E-state index in [0.29, 0.717) is 5.58 Å². The molecular weight excluding hydrogens is 284 g/mol. The number of hydrogen-bond donors (Lipinski definition) is 1. The van der Waals surface area contributed by atoms with Gasteiger partial charge in [0.2, 0.25) is 5.76 Å². The summed E-state index contributed by atoms with van der Waals surface area (Å²) in [4.78, 5) is 11.2. The van der Waals surface area contributed by atoms with Crippen LogP contribution in [0.1, 0.15) is 36.9 Å². The molecule has 3 nitrogen and oxygen atoms in total. The van der Waals surface area contributed by atoms with Crippen molar-refractivity contribution < 1.29 is 14.3 Å². The molecule has 0 spiro atoms. The van der Waals surface area contributed by atoms with Gasteiger partial charge in [-0.3, -0.25) is 0 Å². The molecule has 0 fully saturated rings. The van der Waals surface area contributed by atoms with Crippen molar-refractivity contribution in [3.8, 4) is 0 Å². The average Bonchev–Trinajstić information content (AvgIpc) is 2.57. The van der Waals surface area contributed by atoms with Gasteiger partial charge in [0.05, 0.1) is 4.47 Å². The number of hydrogen-bond acceptors (Lipinski definition) is 2. The van der Waals surface area contributed by atoms with Crippen molar-refractivity contribution in [1.29, 1.82) is 0 Å². The minimum absolute atomic E-state index is 0.0272. The van der Waals surface area contributed by atoms with E-state index >= 15 is 0 Å². The molecule has 0 atom stereocenters. The molecule has 0 unspecified atom stereocenters. The summed E-state index contributed by atoms with van der Waals surface area (Å²) in [5.41, 5.74) is 1.05. The first kappa shape index (κ1) is 12.2. The van der Waals surface area contributed by atoms with Crippen LogP contribution in [0.25, 0.3) is 11.0 Å². The lowest BCUT2D eigenvalue weighted by atomic mass is 9.85. The molecule has 0 aliphatic carbocycles. The van der Waals surface area contributed by atoms with Crippen molar-refractivity contribution in [3.05, 3.63) is 34.0 Å². The predicted octanol–water partition coefficient (Wildman–Crippen LogP) is 4.19. The Morgan fingerprint density at radius 1 is 1.35 bits per heavy atom. The number of furan rings is 1. The first-order valence-electron chi connectivity index (χ1n) is 5.27. The van der Waals surface area contributed by atoms with Gasteiger partial charge in [0.25, 0.3) is 0 Å². The van der Waals surface area contributed by atoms with Gasteiger partial charge in [-0.05, 0) is 27.4 Å². The summed E-state index contributed by atoms with van der Waals surface area (Å²) in [6.45, 7) is 5.93. The van der Waals surface area contributed by atoms with Crippen LogP contribution in [-0.4, -0.2) is 11.1 Å². The van der Waals surface area contributed by atoms with Gasteiger partial charge in [0.1, 0.15) is 5.58 Å². The maximum absolute atomic E-state index is 11.2. The van der Waals surface area contributed by atoms with Gasteiger partial charge in [-0.25, -0.2) is 4.79 Å². The summed E-state index contributed by atoms with van der Waals surface area (Å²) >= 11 is 3.37. The van der Waals surface area contributed by atoms with Gasteiger partial charge in [0, 0.05) is 10.9 Å². The molecule has 90 valence electrons. The number of fused-ring (bicyclic) bond motifs is 1. The number of para-hydroxylation sites is 1. The summed E-state index contributed by atoms with van der Waals surface area (Å²) in [5.74, 6) is -1.00. The smallest absolute Gasteiger partial charge is 0.372 e. The second-order valence-corrected chi connectivity index (χ2v) is 5.83. The molecule has 4 heteroatoms. The average molecular weight is 297 g/mol. The minimum atomic E-state index is -1.03. The molecule has 0 aliphatic rings. The van der Waals surface area contributed by atoms with Crippen molar-refractivity contribution in [2.45, 2.75) is 26.2 Å². The number of rotatable bonds is 1. The van der Waals surface area contributed by atoms with E-state index in [9.17, 15) is 9.90 Å². The monoisotopic (exact) mass is 296 g/mol. The zero-order valence-corrected chi connectivity index (χ0v) is 11.5. The first-order valence-corrected chi connectivity index (χ1v) is 6.06. The standard InChI is InChI=1S/C13H13BrO3/c1-13(2,3)9-7-5-4-6-8(14)10(7)17-11(9)12(15)16/h4-6H,1-3H3,(H,15,16). The summed E-state index contributed by atoms with van der Waals surface area (Å²) in [6, 6.07) is 5.60. The fourth-order valence-electron chi connectivity index (χ4n) is 1.98. The lowest BCUT2D eigenvalue weighted by Gasteiger charge is -2.17. The van der Waals surface area contributed by atoms with E-state index in [1.165, 1.54) is 0 Å². The topological polar surface area (TPSA) is 50.4 Å². The third-order valence-corrected chi connectivity index (χ3v) is 3.24. The summed E-state index contributed by atoms with van der Waals surface area (Å²) in [5, 5.41) is 10.1. The van der Waals surface area contributed by atoms with Gasteiger partial charge in [-0.15, -0.1) is 0 Å². The van der Waals surface area contributed by atoms with Crippen molar-refractivity contribution in [2.75, 3.05) is 0 Å². The van der Waals surface area contributed by atoms with Crippen LogP contribution in [0.15, 0.2) is 27.1 Å². The van der Waals surface area contributed by atoms with Gasteiger partial charge >= 0.3 is 5.97 Å². The van der Waals surface area contributed by atoms with Gasteiger partial charge in [-0.1, -0.05) is 32.9 Å². The highest BCUT2D eigenvalue weighted by Crippen LogP contribution is 2.38. The lowest BCUT2D eigenvalue weighted by Crippen LogP contribution is -2.15. The third-order valence-electron chi connectivity index (χ3n) is 2.61. The predicted molar refractivity (Wildman–Crippen MR) is 69.6 cm³/mol. The molecule has 1 aromatic heterocycles. The highest BCUT2D eigenvalue weighted by molar-refractivity contribution is 9.10. The Morgan fingerprint density at radius 3 is 2.53 bits per heavy atom. The van der Waals surface area contributed by atoms with Crippen molar-refractivity contribution >= 4 is 32.9 Å². The van der Waals surface area contributed by atoms with Crippen LogP contribution in [0.3, 0.4) is 0 Å². The fraction of sp³-hybridized carbons (Fsp3) is 0.308. The van der Waals surface area contributed by atoms with E-state index in [-0.39, 0.29) is 11.2 Å². The Bertz CT molecular complexity index is 590. The van der Waals surface area contributed by atoms with E-state index in [0.717, 1.165) is 15.4 Å². The molecule has 17 heavy (non-hydrogen) atoms. The first-order chi connectivity index (χ1) is 7.82. The number of halogens is 1. The van der Waals surface area contributed by atoms with E-state index in [1.54, 1.807) is 0 Å². The van der Waals surface area contributed by atoms with Crippen LogP contribution in [0, 0.1) is 0 Å². The summed E-state index contributed by atoms with van der Waals surface area (Å²) < 4.78 is 6.24. The Balaban J connectivity index is 2.91. The highest BCUT2D eigenvalue weighted by Gasteiger charge is 2.29. The second-order valence-electron chi connectivity index (χ2n) is 4.98. The van der Waals surface area contributed by atoms with Crippen molar-refractivity contribution in [1.82, 2.24) is 0 Å². The number of aromatic carboxylic acids is 1. The van der Waals surface area contributed by atoms with E-state index < -0.39 is 5.97 Å². The quantitative estimate of drug-likeness (QED) is 0.858. The molecule has 0 aliphatic heterocycles. The molecule has 0 bridgehead atoms. The van der Waals surface area contributed by atoms with Crippen LogP contribution in [0.5, 0.6) is 0 Å². The molecule has 1 aromatic carbocycles. The van der Waals surface area contributed by atoms with Gasteiger partial charge in [-0.2, -0.15) is 0 Å². The molecule has 0 amide bonds. The van der Waals surface area contributed by atoms with E-state index in [2.05, 4.69) is 15.9 Å². The Morgan fingerprint density at radius 2 is 2.00 bits per heavy atom. The highest BCUT2D eigenvalue weighted by atomic mass is 79.9. The fourth-order valence-corrected chi connectivity index (χ4v) is 2.43. The molecule has 0 radical (unpaired) electrons. The SMILES string of the molecule is CC(C)(C)c1c(C(=O)O)oc2c(Br)cccc12. The molecule has 2 aromatic rings. The molecule has 0 saturated carbocycles. The zero-order valence-electron chi connectivity index (χ0n) is 9.87. The minimum Gasteiger partial charge on any atom is -0.475 e.